The maximum absolute atomic E-state index is 6.25. The molecule has 7 nitrogen and oxygen atoms in total. The fourth-order valence-corrected chi connectivity index (χ4v) is 0. The van der Waals surface area contributed by atoms with Crippen LogP contribution >= 0.6 is 0 Å². The zero-order valence-electron chi connectivity index (χ0n) is 7.39. The number of hydrogen-bond donors (Lipinski definition) is 1. The Hall–Kier alpha value is -2.06. The molecule has 0 radical (unpaired) electrons. The first-order valence-corrected chi connectivity index (χ1v) is 3.47. The molecule has 0 aliphatic carbocycles. The van der Waals surface area contributed by atoms with E-state index >= 15 is 0 Å². The molecule has 9 heteroatoms. The van der Waals surface area contributed by atoms with E-state index in [1.165, 1.54) is 0 Å². The molecular weight excluding hydrogens is 282 g/mol. The molecule has 83 valence electrons. The Kier molecular flexibility index (Phi) is 1700. The zero-order chi connectivity index (χ0) is 14.0. The van der Waals surface area contributed by atoms with Gasteiger partial charge in [-0.15, -0.1) is 0 Å². The van der Waals surface area contributed by atoms with Crippen molar-refractivity contribution in [1.29, 1.82) is 31.6 Å². The van der Waals surface area contributed by atoms with Crippen molar-refractivity contribution in [2.24, 2.45) is 0 Å². The van der Waals surface area contributed by atoms with E-state index in [2.05, 4.69) is 27.3 Å². The molecule has 0 heterocycles. The first kappa shape index (κ1) is 75.6. The third-order valence-corrected chi connectivity index (χ3v) is 0. The Morgan fingerprint density at radius 1 is 0.467 bits per heavy atom. The molecule has 0 unspecified atom stereocenters. The predicted molar refractivity (Wildman–Crippen MR) is 35.8 cm³/mol. The van der Waals surface area contributed by atoms with Crippen LogP contribution in [0, 0.1) is 71.0 Å². The quantitative estimate of drug-likeness (QED) is 0.510. The van der Waals surface area contributed by atoms with Crippen molar-refractivity contribution in [3.8, 4) is 0 Å². The summed E-state index contributed by atoms with van der Waals surface area (Å²) >= 11 is 6.00. The average Bonchev–Trinajstić information content (AvgIpc) is 2.45. The number of rotatable bonds is 0. The second kappa shape index (κ2) is 336. The molecule has 0 aromatic carbocycles. The van der Waals surface area contributed by atoms with Crippen LogP contribution < -0.4 is 6.15 Å². The number of nitrogens with zero attached hydrogens (tertiary/aromatic N) is 6. The summed E-state index contributed by atoms with van der Waals surface area (Å²) in [4.78, 5) is 0. The van der Waals surface area contributed by atoms with E-state index in [0.29, 0.717) is 0 Å². The van der Waals surface area contributed by atoms with Gasteiger partial charge in [-0.3, -0.25) is 0 Å². The Balaban J connectivity index is -0.00000000628. The summed E-state index contributed by atoms with van der Waals surface area (Å²) < 4.78 is 0. The van der Waals surface area contributed by atoms with Gasteiger partial charge in [-0.2, -0.15) is 0 Å². The molecule has 0 saturated heterocycles. The summed E-state index contributed by atoms with van der Waals surface area (Å²) in [7, 11) is 0. The molecule has 0 fully saturated rings. The Labute approximate surface area is 104 Å². The van der Waals surface area contributed by atoms with Crippen molar-refractivity contribution in [2.75, 3.05) is 0 Å². The van der Waals surface area contributed by atoms with E-state index in [4.69, 9.17) is 71.0 Å². The maximum atomic E-state index is 6.25. The van der Waals surface area contributed by atoms with Crippen molar-refractivity contribution >= 4 is 0 Å². The summed E-state index contributed by atoms with van der Waals surface area (Å²) in [6.07, 6.45) is 0. The predicted octanol–water partition coefficient (Wildman–Crippen LogP) is 0.949. The Bertz CT molecular complexity index is 108. The van der Waals surface area contributed by atoms with Gasteiger partial charge in [0.25, 0.3) is 0 Å². The van der Waals surface area contributed by atoms with Crippen LogP contribution in [0.2, 0.25) is 0 Å². The van der Waals surface area contributed by atoms with Crippen LogP contribution in [0.1, 0.15) is 0 Å². The van der Waals surface area contributed by atoms with Crippen molar-refractivity contribution in [3.05, 3.63) is 39.4 Å². The van der Waals surface area contributed by atoms with Gasteiger partial charge in [-0.05, 0) is 0 Å². The SMILES string of the molecule is [C-]#N.[C-]#N.[C-]#N.[C-]#N.[C-]#N.[C-]#N.[Fe]=[Fe+].[NH4+]. The molecule has 0 amide bonds. The van der Waals surface area contributed by atoms with E-state index in [9.17, 15) is 0 Å². The average molecular weight is 286 g/mol. The van der Waals surface area contributed by atoms with Crippen molar-refractivity contribution in [1.82, 2.24) is 6.15 Å². The molecule has 0 aromatic rings. The van der Waals surface area contributed by atoms with Gasteiger partial charge >= 0.3 is 27.3 Å². The van der Waals surface area contributed by atoms with Gasteiger partial charge in [0.2, 0.25) is 0 Å². The van der Waals surface area contributed by atoms with Crippen LogP contribution in [0.5, 0.6) is 0 Å². The normalized spacial score (nSPS) is 1.13. The van der Waals surface area contributed by atoms with Crippen LogP contribution in [0.15, 0.2) is 0 Å². The van der Waals surface area contributed by atoms with Gasteiger partial charge in [0.05, 0.1) is 0 Å². The minimum Gasteiger partial charge on any atom is -0.369 e. The first-order valence-electron chi connectivity index (χ1n) is 1.47. The number of hydrogen-bond acceptors (Lipinski definition) is 6. The van der Waals surface area contributed by atoms with Crippen molar-refractivity contribution in [2.45, 2.75) is 0 Å². The molecule has 15 heavy (non-hydrogen) atoms. The van der Waals surface area contributed by atoms with Crippen LogP contribution in [0.25, 0.3) is 0 Å². The molecule has 0 aliphatic heterocycles. The van der Waals surface area contributed by atoms with Crippen molar-refractivity contribution < 1.29 is 27.3 Å². The zero-order valence-corrected chi connectivity index (χ0v) is 9.60. The molecule has 0 rings (SSSR count). The summed E-state index contributed by atoms with van der Waals surface area (Å²) in [5.41, 5.74) is 0. The topological polar surface area (TPSA) is 179 Å². The fourth-order valence-electron chi connectivity index (χ4n) is 0. The van der Waals surface area contributed by atoms with Crippen LogP contribution in [-0.4, -0.2) is 0 Å². The standard InChI is InChI=1S/6CN.2Fe.H3N/c6*1-2;;;/h;;;;;;;;1H3/q6*-1;;+1;/p+1. The first-order chi connectivity index (χ1) is 7.00. The largest absolute Gasteiger partial charge is 0.369 e. The van der Waals surface area contributed by atoms with Gasteiger partial charge < -0.3 is 77.2 Å². The van der Waals surface area contributed by atoms with Crippen LogP contribution in [-0.2, 0) is 27.3 Å². The van der Waals surface area contributed by atoms with E-state index < -0.39 is 0 Å². The summed E-state index contributed by atoms with van der Waals surface area (Å²) in [5, 5.41) is 37.5. The summed E-state index contributed by atoms with van der Waals surface area (Å²) in [5.74, 6) is 0. The van der Waals surface area contributed by atoms with E-state index in [-0.39, 0.29) is 6.15 Å². The van der Waals surface area contributed by atoms with Gasteiger partial charge in [0, 0.05) is 0 Å². The van der Waals surface area contributed by atoms with Gasteiger partial charge in [-0.1, -0.05) is 0 Å². The molecule has 0 atom stereocenters. The molecule has 0 aliphatic rings. The van der Waals surface area contributed by atoms with E-state index in [1.807, 2.05) is 0 Å². The smallest absolute Gasteiger partial charge is 0.369 e. The molecular formula is C6H4Fe2N7-4. The molecule has 4 N–H and O–H groups in total. The van der Waals surface area contributed by atoms with E-state index in [0.717, 1.165) is 0 Å². The van der Waals surface area contributed by atoms with Gasteiger partial charge in [0.15, 0.2) is 0 Å². The monoisotopic (exact) mass is 286 g/mol. The molecule has 0 aromatic heterocycles. The Morgan fingerprint density at radius 3 is 0.467 bits per heavy atom. The van der Waals surface area contributed by atoms with E-state index in [1.54, 1.807) is 0 Å². The van der Waals surface area contributed by atoms with Crippen molar-refractivity contribution in [3.63, 3.8) is 0 Å². The second-order valence-electron chi connectivity index (χ2n) is 0. The fraction of sp³-hybridized carbons (Fsp3) is 0. The third-order valence-electron chi connectivity index (χ3n) is 0. The molecule has 0 saturated carbocycles. The van der Waals surface area contributed by atoms with Crippen LogP contribution in [0.3, 0.4) is 0 Å². The Morgan fingerprint density at radius 2 is 0.467 bits per heavy atom. The summed E-state index contributed by atoms with van der Waals surface area (Å²) in [6, 6.07) is 0. The molecule has 0 bridgehead atoms. The van der Waals surface area contributed by atoms with Gasteiger partial charge in [0.1, 0.15) is 0 Å². The maximum Gasteiger partial charge on any atom is -0.369 e. The summed E-state index contributed by atoms with van der Waals surface area (Å²) in [6.45, 7) is 28.5. The second-order valence-corrected chi connectivity index (χ2v) is 0. The third kappa shape index (κ3) is 278. The minimum atomic E-state index is 0. The van der Waals surface area contributed by atoms with Gasteiger partial charge in [-0.25, -0.2) is 0 Å². The van der Waals surface area contributed by atoms with Crippen LogP contribution in [0.4, 0.5) is 0 Å². The molecule has 0 spiro atoms. The minimum absolute atomic E-state index is 0. The number of quaternary nitrogens is 1.